The van der Waals surface area contributed by atoms with Gasteiger partial charge in [0.25, 0.3) is 0 Å². The van der Waals surface area contributed by atoms with Crippen molar-refractivity contribution < 1.29 is 14.1 Å². The average Bonchev–Trinajstić information content (AvgIpc) is 3.13. The van der Waals surface area contributed by atoms with E-state index in [0.717, 1.165) is 0 Å². The lowest BCUT2D eigenvalue weighted by Gasteiger charge is -2.09. The molecule has 0 aliphatic carbocycles. The molecule has 0 aliphatic rings. The molecule has 2 heterocycles. The van der Waals surface area contributed by atoms with Crippen LogP contribution in [0.3, 0.4) is 0 Å². The number of fused-ring (bicyclic) bond motifs is 1. The van der Waals surface area contributed by atoms with E-state index in [1.807, 2.05) is 0 Å². The van der Waals surface area contributed by atoms with E-state index >= 15 is 0 Å². The highest BCUT2D eigenvalue weighted by molar-refractivity contribution is 6.30. The first-order valence-corrected chi connectivity index (χ1v) is 8.27. The second-order valence-electron chi connectivity index (χ2n) is 5.51. The maximum Gasteiger partial charge on any atom is 0.245 e. The lowest BCUT2D eigenvalue weighted by Crippen LogP contribution is -2.04. The van der Waals surface area contributed by atoms with Gasteiger partial charge in [-0.05, 0) is 40.6 Å². The van der Waals surface area contributed by atoms with Crippen LogP contribution in [0.15, 0.2) is 52.2 Å². The first-order chi connectivity index (χ1) is 13.6. The Morgan fingerprint density at radius 3 is 2.61 bits per heavy atom. The largest absolute Gasteiger partial charge is 0.507 e. The minimum Gasteiger partial charge on any atom is -0.507 e. The Balaban J connectivity index is 1.66. The molecule has 0 unspecified atom stereocenters. The van der Waals surface area contributed by atoms with Crippen molar-refractivity contribution in [2.75, 3.05) is 10.7 Å². The van der Waals surface area contributed by atoms with Crippen LogP contribution < -0.4 is 10.7 Å². The van der Waals surface area contributed by atoms with Gasteiger partial charge >= 0.3 is 0 Å². The highest BCUT2D eigenvalue weighted by Crippen LogP contribution is 2.25. The summed E-state index contributed by atoms with van der Waals surface area (Å²) in [6.07, 6.45) is 1.35. The molecule has 0 radical (unpaired) electrons. The number of nitrogens with one attached hydrogen (secondary N) is 2. The number of phenols is 1. The fraction of sp³-hybridized carbons (Fsp3) is 0. The molecule has 0 saturated heterocycles. The quantitative estimate of drug-likeness (QED) is 0.343. The molecule has 0 spiro atoms. The van der Waals surface area contributed by atoms with Gasteiger partial charge in [-0.3, -0.25) is 5.43 Å². The van der Waals surface area contributed by atoms with Crippen LogP contribution in [0.4, 0.5) is 21.7 Å². The number of aromatic hydroxyl groups is 1. The zero-order valence-corrected chi connectivity index (χ0v) is 14.7. The van der Waals surface area contributed by atoms with Crippen LogP contribution in [0.5, 0.6) is 5.75 Å². The minimum absolute atomic E-state index is 0.00175. The highest BCUT2D eigenvalue weighted by Gasteiger charge is 2.14. The molecule has 4 aromatic rings. The molecule has 0 atom stereocenters. The molecule has 11 heteroatoms. The predicted octanol–water partition coefficient (Wildman–Crippen LogP) is 3.70. The molecule has 0 fully saturated rings. The van der Waals surface area contributed by atoms with Crippen LogP contribution in [0.1, 0.15) is 5.56 Å². The Kier molecular flexibility index (Phi) is 4.68. The number of aromatic nitrogens is 4. The summed E-state index contributed by atoms with van der Waals surface area (Å²) < 4.78 is 18.6. The van der Waals surface area contributed by atoms with E-state index in [1.54, 1.807) is 24.3 Å². The average molecular weight is 400 g/mol. The Labute approximate surface area is 161 Å². The van der Waals surface area contributed by atoms with Crippen LogP contribution in [-0.4, -0.2) is 31.6 Å². The molecule has 9 nitrogen and oxygen atoms in total. The van der Waals surface area contributed by atoms with Gasteiger partial charge in [0.2, 0.25) is 11.3 Å². The molecular weight excluding hydrogens is 389 g/mol. The summed E-state index contributed by atoms with van der Waals surface area (Å²) >= 11 is 5.91. The van der Waals surface area contributed by atoms with Crippen LogP contribution in [-0.2, 0) is 0 Å². The first kappa shape index (κ1) is 17.6. The van der Waals surface area contributed by atoms with Crippen molar-refractivity contribution >= 4 is 46.4 Å². The highest BCUT2D eigenvalue weighted by atomic mass is 35.5. The topological polar surface area (TPSA) is 121 Å². The fourth-order valence-electron chi connectivity index (χ4n) is 2.28. The number of phenolic OH excluding ortho intramolecular Hbond substituents is 1. The molecular formula is C17H11ClFN7O2. The van der Waals surface area contributed by atoms with Gasteiger partial charge in [-0.15, -0.1) is 0 Å². The van der Waals surface area contributed by atoms with Gasteiger partial charge in [0.1, 0.15) is 11.6 Å². The third kappa shape index (κ3) is 3.67. The molecule has 0 amide bonds. The molecule has 2 aromatic heterocycles. The number of nitrogens with zero attached hydrogens (tertiary/aromatic N) is 5. The Morgan fingerprint density at radius 2 is 1.82 bits per heavy atom. The van der Waals surface area contributed by atoms with Gasteiger partial charge in [0.05, 0.1) is 11.9 Å². The third-order valence-corrected chi connectivity index (χ3v) is 3.84. The molecule has 4 rings (SSSR count). The van der Waals surface area contributed by atoms with Crippen molar-refractivity contribution in [2.24, 2.45) is 5.10 Å². The van der Waals surface area contributed by atoms with E-state index < -0.39 is 5.82 Å². The minimum atomic E-state index is -0.471. The molecule has 0 bridgehead atoms. The Bertz CT molecular complexity index is 1180. The second kappa shape index (κ2) is 7.45. The summed E-state index contributed by atoms with van der Waals surface area (Å²) in [5.74, 6) is -0.173. The van der Waals surface area contributed by atoms with Crippen LogP contribution in [0.2, 0.25) is 5.02 Å². The monoisotopic (exact) mass is 399 g/mol. The van der Waals surface area contributed by atoms with Crippen LogP contribution in [0.25, 0.3) is 11.3 Å². The summed E-state index contributed by atoms with van der Waals surface area (Å²) in [6, 6.07) is 10.6. The maximum atomic E-state index is 14.0. The lowest BCUT2D eigenvalue weighted by atomic mass is 10.2. The van der Waals surface area contributed by atoms with Crippen LogP contribution >= 0.6 is 11.6 Å². The summed E-state index contributed by atoms with van der Waals surface area (Å²) in [5, 5.41) is 24.4. The predicted molar refractivity (Wildman–Crippen MR) is 101 cm³/mol. The summed E-state index contributed by atoms with van der Waals surface area (Å²) in [7, 11) is 0. The van der Waals surface area contributed by atoms with E-state index in [-0.39, 0.29) is 34.4 Å². The van der Waals surface area contributed by atoms with E-state index in [0.29, 0.717) is 10.6 Å². The zero-order valence-electron chi connectivity index (χ0n) is 14.0. The summed E-state index contributed by atoms with van der Waals surface area (Å²) in [6.45, 7) is 0. The van der Waals surface area contributed by atoms with E-state index in [1.165, 1.54) is 24.4 Å². The standard InChI is InChI=1S/C17H11ClFN7O2/c18-10-5-6-13(27)9(7-10)8-20-24-15-14(21-12-4-2-1-3-11(12)19)22-16-17(23-15)26-28-25-16/h1-8,27H,(H,21,22,25)(H,23,24,26). The molecule has 2 aromatic carbocycles. The van der Waals surface area contributed by atoms with Crippen LogP contribution in [0, 0.1) is 5.82 Å². The van der Waals surface area contributed by atoms with Crippen molar-refractivity contribution in [3.8, 4) is 5.75 Å². The fourth-order valence-corrected chi connectivity index (χ4v) is 2.47. The number of hydrogen-bond acceptors (Lipinski definition) is 9. The smallest absolute Gasteiger partial charge is 0.245 e. The van der Waals surface area contributed by atoms with Crippen molar-refractivity contribution in [1.29, 1.82) is 0 Å². The van der Waals surface area contributed by atoms with E-state index in [2.05, 4.69) is 40.8 Å². The van der Waals surface area contributed by atoms with Crippen molar-refractivity contribution in [1.82, 2.24) is 20.3 Å². The Morgan fingerprint density at radius 1 is 1.07 bits per heavy atom. The first-order valence-electron chi connectivity index (χ1n) is 7.89. The van der Waals surface area contributed by atoms with Gasteiger partial charge in [-0.25, -0.2) is 14.0 Å². The van der Waals surface area contributed by atoms with Crippen molar-refractivity contribution in [3.63, 3.8) is 0 Å². The van der Waals surface area contributed by atoms with Crippen molar-refractivity contribution in [3.05, 3.63) is 58.9 Å². The molecule has 3 N–H and O–H groups in total. The number of rotatable bonds is 5. The van der Waals surface area contributed by atoms with Gasteiger partial charge < -0.3 is 10.4 Å². The number of anilines is 3. The maximum absolute atomic E-state index is 14.0. The summed E-state index contributed by atoms with van der Waals surface area (Å²) in [5.41, 5.74) is 3.53. The second-order valence-corrected chi connectivity index (χ2v) is 5.95. The Hall–Kier alpha value is -3.79. The van der Waals surface area contributed by atoms with Gasteiger partial charge in [-0.1, -0.05) is 23.7 Å². The number of halogens is 2. The SMILES string of the molecule is Oc1ccc(Cl)cc1C=NNc1nc2nonc2nc1Nc1ccccc1F. The van der Waals surface area contributed by atoms with Crippen molar-refractivity contribution in [2.45, 2.75) is 0 Å². The normalized spacial score (nSPS) is 11.2. The number of hydrazone groups is 1. The zero-order chi connectivity index (χ0) is 19.5. The van der Waals surface area contributed by atoms with Gasteiger partial charge in [-0.2, -0.15) is 10.1 Å². The lowest BCUT2D eigenvalue weighted by molar-refractivity contribution is 0.314. The number of benzene rings is 2. The molecule has 140 valence electrons. The number of para-hydroxylation sites is 1. The number of hydrogen-bond donors (Lipinski definition) is 3. The summed E-state index contributed by atoms with van der Waals surface area (Å²) in [4.78, 5) is 8.42. The van der Waals surface area contributed by atoms with Gasteiger partial charge in [0, 0.05) is 10.6 Å². The van der Waals surface area contributed by atoms with E-state index in [4.69, 9.17) is 11.6 Å². The third-order valence-electron chi connectivity index (χ3n) is 3.60. The van der Waals surface area contributed by atoms with Gasteiger partial charge in [0.15, 0.2) is 11.6 Å². The molecule has 0 saturated carbocycles. The molecule has 0 aliphatic heterocycles. The van der Waals surface area contributed by atoms with E-state index in [9.17, 15) is 9.50 Å². The molecule has 28 heavy (non-hydrogen) atoms.